The molecule has 1 aromatic carbocycles. The quantitative estimate of drug-likeness (QED) is 0.626. The Morgan fingerprint density at radius 1 is 1.10 bits per heavy atom. The van der Waals surface area contributed by atoms with E-state index in [4.69, 9.17) is 0 Å². The number of thioether (sulfide) groups is 1. The molecule has 0 spiro atoms. The molecule has 2 aromatic rings. The summed E-state index contributed by atoms with van der Waals surface area (Å²) in [5.74, 6) is -0.381. The minimum absolute atomic E-state index is 0.00787. The first-order chi connectivity index (χ1) is 9.45. The molecule has 0 amide bonds. The summed E-state index contributed by atoms with van der Waals surface area (Å²) < 4.78 is 2.16. The summed E-state index contributed by atoms with van der Waals surface area (Å²) >= 11 is 1.57. The monoisotopic (exact) mass is 290 g/mol. The largest absolute Gasteiger partial charge is 0.330 e. The summed E-state index contributed by atoms with van der Waals surface area (Å²) in [6.07, 6.45) is 3.23. The van der Waals surface area contributed by atoms with Crippen LogP contribution in [0.15, 0.2) is 44.9 Å². The lowest BCUT2D eigenvalue weighted by Crippen LogP contribution is -2.39. The van der Waals surface area contributed by atoms with Crippen molar-refractivity contribution < 1.29 is 4.79 Å². The second-order valence-electron chi connectivity index (χ2n) is 4.36. The summed E-state index contributed by atoms with van der Waals surface area (Å²) in [6.45, 7) is 0. The lowest BCUT2D eigenvalue weighted by molar-refractivity contribution is 0.103. The highest BCUT2D eigenvalue weighted by Crippen LogP contribution is 2.16. The first-order valence-corrected chi connectivity index (χ1v) is 7.13. The number of ketones is 1. The number of aryl methyl sites for hydroxylation is 1. The van der Waals surface area contributed by atoms with Crippen molar-refractivity contribution in [2.75, 3.05) is 6.26 Å². The zero-order valence-electron chi connectivity index (χ0n) is 11.4. The molecule has 0 radical (unpaired) electrons. The maximum absolute atomic E-state index is 12.3. The van der Waals surface area contributed by atoms with Gasteiger partial charge < -0.3 is 4.57 Å². The highest BCUT2D eigenvalue weighted by atomic mass is 32.2. The van der Waals surface area contributed by atoms with Crippen LogP contribution < -0.4 is 11.2 Å². The van der Waals surface area contributed by atoms with Crippen LogP contribution in [0.25, 0.3) is 0 Å². The van der Waals surface area contributed by atoms with Crippen LogP contribution in [0, 0.1) is 0 Å². The van der Waals surface area contributed by atoms with Crippen LogP contribution in [0.3, 0.4) is 0 Å². The highest BCUT2D eigenvalue weighted by Gasteiger charge is 2.16. The number of carbonyl (C=O) groups excluding carboxylic acids is 1. The number of hydrogen-bond donors (Lipinski definition) is 0. The topological polar surface area (TPSA) is 61.1 Å². The second-order valence-corrected chi connectivity index (χ2v) is 5.24. The average Bonchev–Trinajstić information content (AvgIpc) is 2.48. The zero-order valence-corrected chi connectivity index (χ0v) is 12.2. The number of carbonyl (C=O) groups is 1. The summed E-state index contributed by atoms with van der Waals surface area (Å²) in [5, 5.41) is 0. The van der Waals surface area contributed by atoms with Gasteiger partial charge in [-0.2, -0.15) is 0 Å². The third kappa shape index (κ3) is 2.46. The van der Waals surface area contributed by atoms with Crippen molar-refractivity contribution in [2.45, 2.75) is 4.90 Å². The highest BCUT2D eigenvalue weighted by molar-refractivity contribution is 7.98. The molecule has 104 valence electrons. The average molecular weight is 290 g/mol. The Morgan fingerprint density at radius 3 is 2.25 bits per heavy atom. The van der Waals surface area contributed by atoms with Crippen LogP contribution in [0.2, 0.25) is 0 Å². The Hall–Kier alpha value is -2.08. The molecule has 20 heavy (non-hydrogen) atoms. The van der Waals surface area contributed by atoms with E-state index < -0.39 is 11.2 Å². The first kappa shape index (κ1) is 14.3. The lowest BCUT2D eigenvalue weighted by atomic mass is 10.1. The molecule has 0 saturated carbocycles. The molecule has 0 atom stereocenters. The Kier molecular flexibility index (Phi) is 3.94. The minimum Gasteiger partial charge on any atom is -0.303 e. The van der Waals surface area contributed by atoms with Crippen molar-refractivity contribution in [1.29, 1.82) is 0 Å². The Balaban J connectivity index is 2.53. The number of benzene rings is 1. The van der Waals surface area contributed by atoms with Crippen LogP contribution >= 0.6 is 11.8 Å². The van der Waals surface area contributed by atoms with Crippen LogP contribution in [-0.2, 0) is 14.1 Å². The second kappa shape index (κ2) is 5.50. The predicted octanol–water partition coefficient (Wildman–Crippen LogP) is 1.04. The standard InChI is InChI=1S/C14H14N2O3S/c1-15-8-11(13(18)16(2)14(15)19)12(17)9-4-6-10(20-3)7-5-9/h4-8H,1-3H3. The Morgan fingerprint density at radius 2 is 1.70 bits per heavy atom. The molecule has 0 bridgehead atoms. The predicted molar refractivity (Wildman–Crippen MR) is 78.6 cm³/mol. The van der Waals surface area contributed by atoms with Gasteiger partial charge in [0.1, 0.15) is 5.56 Å². The third-order valence-corrected chi connectivity index (χ3v) is 3.79. The fraction of sp³-hybridized carbons (Fsp3) is 0.214. The van der Waals surface area contributed by atoms with Gasteiger partial charge in [-0.25, -0.2) is 4.79 Å². The van der Waals surface area contributed by atoms with Crippen molar-refractivity contribution >= 4 is 17.5 Å². The van der Waals surface area contributed by atoms with Gasteiger partial charge in [-0.15, -0.1) is 11.8 Å². The summed E-state index contributed by atoms with van der Waals surface area (Å²) in [7, 11) is 2.87. The van der Waals surface area contributed by atoms with Crippen LogP contribution in [0.1, 0.15) is 15.9 Å². The smallest absolute Gasteiger partial charge is 0.303 e. The summed E-state index contributed by atoms with van der Waals surface area (Å²) in [6, 6.07) is 7.01. The van der Waals surface area contributed by atoms with Gasteiger partial charge in [0.25, 0.3) is 5.56 Å². The summed E-state index contributed by atoms with van der Waals surface area (Å²) in [4.78, 5) is 37.0. The van der Waals surface area contributed by atoms with E-state index in [0.717, 1.165) is 9.46 Å². The number of rotatable bonds is 3. The number of aromatic nitrogens is 2. The Labute approximate surface area is 119 Å². The van der Waals surface area contributed by atoms with E-state index in [-0.39, 0.29) is 11.3 Å². The van der Waals surface area contributed by atoms with Crippen LogP contribution in [0.5, 0.6) is 0 Å². The molecule has 0 N–H and O–H groups in total. The van der Waals surface area contributed by atoms with E-state index in [1.807, 2.05) is 18.4 Å². The molecule has 0 unspecified atom stereocenters. The van der Waals surface area contributed by atoms with Crippen molar-refractivity contribution in [3.8, 4) is 0 Å². The molecular weight excluding hydrogens is 276 g/mol. The fourth-order valence-electron chi connectivity index (χ4n) is 1.86. The van der Waals surface area contributed by atoms with E-state index in [2.05, 4.69) is 0 Å². The van der Waals surface area contributed by atoms with Gasteiger partial charge in [0, 0.05) is 30.8 Å². The summed E-state index contributed by atoms with van der Waals surface area (Å²) in [5.41, 5.74) is -0.610. The molecule has 6 heteroatoms. The molecule has 5 nitrogen and oxygen atoms in total. The van der Waals surface area contributed by atoms with E-state index in [1.165, 1.54) is 24.9 Å². The van der Waals surface area contributed by atoms with Gasteiger partial charge in [-0.1, -0.05) is 0 Å². The molecular formula is C14H14N2O3S. The first-order valence-electron chi connectivity index (χ1n) is 5.91. The van der Waals surface area contributed by atoms with Crippen LogP contribution in [0.4, 0.5) is 0 Å². The minimum atomic E-state index is -0.577. The normalized spacial score (nSPS) is 10.6. The van der Waals surface area contributed by atoms with E-state index in [0.29, 0.717) is 5.56 Å². The molecule has 0 saturated heterocycles. The van der Waals surface area contributed by atoms with Gasteiger partial charge in [-0.05, 0) is 30.5 Å². The molecule has 0 aliphatic heterocycles. The SMILES string of the molecule is CSc1ccc(C(=O)c2cn(C)c(=O)n(C)c2=O)cc1. The molecule has 1 heterocycles. The van der Waals surface area contributed by atoms with E-state index in [9.17, 15) is 14.4 Å². The molecule has 1 aromatic heterocycles. The lowest BCUT2D eigenvalue weighted by Gasteiger charge is -2.06. The third-order valence-electron chi connectivity index (χ3n) is 3.04. The number of hydrogen-bond acceptors (Lipinski definition) is 4. The van der Waals surface area contributed by atoms with Gasteiger partial charge in [-0.3, -0.25) is 14.2 Å². The number of nitrogens with zero attached hydrogens (tertiary/aromatic N) is 2. The molecule has 0 fully saturated rings. The maximum Gasteiger partial charge on any atom is 0.330 e. The van der Waals surface area contributed by atoms with Gasteiger partial charge in [0.15, 0.2) is 5.78 Å². The van der Waals surface area contributed by atoms with Gasteiger partial charge >= 0.3 is 5.69 Å². The fourth-order valence-corrected chi connectivity index (χ4v) is 2.27. The van der Waals surface area contributed by atoms with E-state index >= 15 is 0 Å². The van der Waals surface area contributed by atoms with E-state index in [1.54, 1.807) is 23.9 Å². The van der Waals surface area contributed by atoms with Crippen molar-refractivity contribution in [1.82, 2.24) is 9.13 Å². The van der Waals surface area contributed by atoms with Crippen molar-refractivity contribution in [3.05, 3.63) is 62.4 Å². The van der Waals surface area contributed by atoms with Gasteiger partial charge in [0.2, 0.25) is 0 Å². The zero-order chi connectivity index (χ0) is 14.9. The molecule has 2 rings (SSSR count). The van der Waals surface area contributed by atoms with Crippen LogP contribution in [-0.4, -0.2) is 21.2 Å². The molecule has 0 aliphatic rings. The molecule has 0 aliphatic carbocycles. The maximum atomic E-state index is 12.3. The van der Waals surface area contributed by atoms with Gasteiger partial charge in [0.05, 0.1) is 0 Å². The van der Waals surface area contributed by atoms with Crippen molar-refractivity contribution in [3.63, 3.8) is 0 Å². The Bertz CT molecular complexity index is 772. The van der Waals surface area contributed by atoms with Crippen molar-refractivity contribution in [2.24, 2.45) is 14.1 Å².